The van der Waals surface area contributed by atoms with Crippen molar-refractivity contribution in [2.24, 2.45) is 4.99 Å². The SMILES string of the molecule is CCN(CC)c1ccc(C=Nc2ccc(NC(=O)CCC(=O)O)cc2)cc1. The molecule has 6 nitrogen and oxygen atoms in total. The molecule has 2 N–H and O–H groups in total. The number of hydrogen-bond donors (Lipinski definition) is 2. The number of nitrogens with one attached hydrogen (secondary N) is 1. The van der Waals surface area contributed by atoms with Crippen LogP contribution in [0.1, 0.15) is 32.3 Å². The summed E-state index contributed by atoms with van der Waals surface area (Å²) in [6, 6.07) is 15.3. The van der Waals surface area contributed by atoms with Crippen molar-refractivity contribution < 1.29 is 14.7 Å². The third-order valence-electron chi connectivity index (χ3n) is 4.10. The van der Waals surface area contributed by atoms with Crippen LogP contribution in [0.5, 0.6) is 0 Å². The lowest BCUT2D eigenvalue weighted by Crippen LogP contribution is -2.21. The van der Waals surface area contributed by atoms with Crippen molar-refractivity contribution >= 4 is 35.2 Å². The molecule has 2 aromatic carbocycles. The number of carboxylic acids is 1. The highest BCUT2D eigenvalue weighted by atomic mass is 16.4. The summed E-state index contributed by atoms with van der Waals surface area (Å²) in [5, 5.41) is 11.3. The molecule has 1 amide bonds. The number of amides is 1. The van der Waals surface area contributed by atoms with E-state index in [0.29, 0.717) is 5.69 Å². The topological polar surface area (TPSA) is 82.0 Å². The Morgan fingerprint density at radius 1 is 1.00 bits per heavy atom. The van der Waals surface area contributed by atoms with Crippen molar-refractivity contribution in [1.29, 1.82) is 0 Å². The van der Waals surface area contributed by atoms with E-state index in [-0.39, 0.29) is 18.7 Å². The zero-order valence-electron chi connectivity index (χ0n) is 15.7. The van der Waals surface area contributed by atoms with Crippen molar-refractivity contribution in [3.8, 4) is 0 Å². The molecule has 2 aromatic rings. The van der Waals surface area contributed by atoms with Gasteiger partial charge in [0.1, 0.15) is 0 Å². The second kappa shape index (κ2) is 10.1. The van der Waals surface area contributed by atoms with Crippen molar-refractivity contribution in [1.82, 2.24) is 0 Å². The van der Waals surface area contributed by atoms with Crippen LogP contribution in [0.25, 0.3) is 0 Å². The van der Waals surface area contributed by atoms with E-state index in [0.717, 1.165) is 24.3 Å². The molecule has 6 heteroatoms. The van der Waals surface area contributed by atoms with E-state index in [1.807, 2.05) is 12.1 Å². The summed E-state index contributed by atoms with van der Waals surface area (Å²) in [5.74, 6) is -1.30. The van der Waals surface area contributed by atoms with Gasteiger partial charge in [0.2, 0.25) is 5.91 Å². The van der Waals surface area contributed by atoms with Crippen LogP contribution in [0.2, 0.25) is 0 Å². The van der Waals surface area contributed by atoms with Crippen LogP contribution in [-0.2, 0) is 9.59 Å². The maximum Gasteiger partial charge on any atom is 0.303 e. The summed E-state index contributed by atoms with van der Waals surface area (Å²) >= 11 is 0. The molecule has 0 aliphatic carbocycles. The highest BCUT2D eigenvalue weighted by Gasteiger charge is 2.05. The van der Waals surface area contributed by atoms with Gasteiger partial charge in [0.25, 0.3) is 0 Å². The Kier molecular flexibility index (Phi) is 7.55. The summed E-state index contributed by atoms with van der Waals surface area (Å²) in [6.07, 6.45) is 1.58. The zero-order valence-corrected chi connectivity index (χ0v) is 15.7. The average Bonchev–Trinajstić information content (AvgIpc) is 2.68. The maximum atomic E-state index is 11.6. The summed E-state index contributed by atoms with van der Waals surface area (Å²) in [6.45, 7) is 6.22. The quantitative estimate of drug-likeness (QED) is 0.654. The Balaban J connectivity index is 1.93. The van der Waals surface area contributed by atoms with Crippen molar-refractivity contribution in [3.63, 3.8) is 0 Å². The van der Waals surface area contributed by atoms with Crippen LogP contribution in [0.4, 0.5) is 17.1 Å². The van der Waals surface area contributed by atoms with Gasteiger partial charge in [0, 0.05) is 37.1 Å². The fraction of sp³-hybridized carbons (Fsp3) is 0.286. The summed E-state index contributed by atoms with van der Waals surface area (Å²) in [4.78, 5) is 28.8. The number of nitrogens with zero attached hydrogens (tertiary/aromatic N) is 2. The molecule has 0 atom stereocenters. The van der Waals surface area contributed by atoms with E-state index < -0.39 is 5.97 Å². The van der Waals surface area contributed by atoms with Crippen LogP contribution < -0.4 is 10.2 Å². The summed E-state index contributed by atoms with van der Waals surface area (Å²) < 4.78 is 0. The molecule has 0 fully saturated rings. The van der Waals surface area contributed by atoms with Gasteiger partial charge in [0.15, 0.2) is 0 Å². The minimum Gasteiger partial charge on any atom is -0.481 e. The van der Waals surface area contributed by atoms with E-state index in [1.165, 1.54) is 5.69 Å². The fourth-order valence-electron chi connectivity index (χ4n) is 2.58. The van der Waals surface area contributed by atoms with Gasteiger partial charge >= 0.3 is 5.97 Å². The number of aliphatic imine (C=N–C) groups is 1. The summed E-state index contributed by atoms with van der Waals surface area (Å²) in [7, 11) is 0. The molecule has 0 radical (unpaired) electrons. The molecule has 0 aromatic heterocycles. The van der Waals surface area contributed by atoms with Crippen LogP contribution in [-0.4, -0.2) is 36.3 Å². The Morgan fingerprint density at radius 3 is 2.19 bits per heavy atom. The predicted octanol–water partition coefficient (Wildman–Crippen LogP) is 4.09. The first-order valence-corrected chi connectivity index (χ1v) is 9.02. The molecular weight excluding hydrogens is 342 g/mol. The van der Waals surface area contributed by atoms with Gasteiger partial charge in [0.05, 0.1) is 12.1 Å². The number of carboxylic acid groups (broad SMARTS) is 1. The maximum absolute atomic E-state index is 11.6. The van der Waals surface area contributed by atoms with E-state index in [2.05, 4.69) is 41.2 Å². The average molecular weight is 367 g/mol. The van der Waals surface area contributed by atoms with Gasteiger partial charge in [-0.15, -0.1) is 0 Å². The lowest BCUT2D eigenvalue weighted by molar-refractivity contribution is -0.138. The molecular formula is C21H25N3O3. The van der Waals surface area contributed by atoms with E-state index in [1.54, 1.807) is 30.5 Å². The molecule has 0 bridgehead atoms. The molecule has 0 aliphatic heterocycles. The van der Waals surface area contributed by atoms with Gasteiger partial charge in [-0.05, 0) is 55.8 Å². The molecule has 0 spiro atoms. The Hall–Kier alpha value is -3.15. The Labute approximate surface area is 159 Å². The lowest BCUT2D eigenvalue weighted by atomic mass is 10.2. The number of anilines is 2. The highest BCUT2D eigenvalue weighted by Crippen LogP contribution is 2.18. The molecule has 0 aliphatic rings. The minimum absolute atomic E-state index is 0.0429. The third-order valence-corrected chi connectivity index (χ3v) is 4.10. The molecule has 142 valence electrons. The minimum atomic E-state index is -0.986. The normalized spacial score (nSPS) is 10.7. The second-order valence-electron chi connectivity index (χ2n) is 6.01. The Morgan fingerprint density at radius 2 is 1.63 bits per heavy atom. The molecule has 27 heavy (non-hydrogen) atoms. The molecule has 0 saturated carbocycles. The number of carbonyl (C=O) groups excluding carboxylic acids is 1. The number of carbonyl (C=O) groups is 2. The van der Waals surface area contributed by atoms with E-state index >= 15 is 0 Å². The van der Waals surface area contributed by atoms with Gasteiger partial charge in [-0.2, -0.15) is 0 Å². The second-order valence-corrected chi connectivity index (χ2v) is 6.01. The van der Waals surface area contributed by atoms with Gasteiger partial charge < -0.3 is 15.3 Å². The number of hydrogen-bond acceptors (Lipinski definition) is 4. The zero-order chi connectivity index (χ0) is 19.6. The first kappa shape index (κ1) is 20.2. The monoisotopic (exact) mass is 367 g/mol. The first-order chi connectivity index (χ1) is 13.0. The molecule has 2 rings (SSSR count). The largest absolute Gasteiger partial charge is 0.481 e. The van der Waals surface area contributed by atoms with Crippen LogP contribution in [0, 0.1) is 0 Å². The van der Waals surface area contributed by atoms with Crippen LogP contribution in [0.3, 0.4) is 0 Å². The number of benzene rings is 2. The summed E-state index contributed by atoms with van der Waals surface area (Å²) in [5.41, 5.74) is 3.59. The van der Waals surface area contributed by atoms with Crippen molar-refractivity contribution in [3.05, 3.63) is 54.1 Å². The number of aliphatic carboxylic acids is 1. The molecule has 0 heterocycles. The lowest BCUT2D eigenvalue weighted by Gasteiger charge is -2.20. The van der Waals surface area contributed by atoms with Gasteiger partial charge in [-0.3, -0.25) is 14.6 Å². The fourth-order valence-corrected chi connectivity index (χ4v) is 2.58. The third kappa shape index (κ3) is 6.58. The van der Waals surface area contributed by atoms with Gasteiger partial charge in [-0.25, -0.2) is 0 Å². The van der Waals surface area contributed by atoms with E-state index in [9.17, 15) is 9.59 Å². The van der Waals surface area contributed by atoms with E-state index in [4.69, 9.17) is 5.11 Å². The molecule has 0 unspecified atom stereocenters. The predicted molar refractivity (Wildman–Crippen MR) is 109 cm³/mol. The van der Waals surface area contributed by atoms with Crippen molar-refractivity contribution in [2.45, 2.75) is 26.7 Å². The Bertz CT molecular complexity index is 779. The van der Waals surface area contributed by atoms with Gasteiger partial charge in [-0.1, -0.05) is 12.1 Å². The first-order valence-electron chi connectivity index (χ1n) is 9.02. The molecule has 0 saturated heterocycles. The highest BCUT2D eigenvalue weighted by molar-refractivity contribution is 5.92. The number of rotatable bonds is 9. The standard InChI is InChI=1S/C21H25N3O3/c1-3-24(4-2)19-11-5-16(6-12-19)15-22-17-7-9-18(10-8-17)23-20(25)13-14-21(26)27/h5-12,15H,3-4,13-14H2,1-2H3,(H,23,25)(H,26,27). The van der Waals surface area contributed by atoms with Crippen LogP contribution >= 0.6 is 0 Å². The van der Waals surface area contributed by atoms with Crippen molar-refractivity contribution in [2.75, 3.05) is 23.3 Å². The smallest absolute Gasteiger partial charge is 0.303 e. The van der Waals surface area contributed by atoms with Crippen LogP contribution in [0.15, 0.2) is 53.5 Å².